The van der Waals surface area contributed by atoms with Crippen LogP contribution in [0.4, 0.5) is 5.69 Å². The molecule has 0 fully saturated rings. The van der Waals surface area contributed by atoms with E-state index < -0.39 is 0 Å². The summed E-state index contributed by atoms with van der Waals surface area (Å²) in [5.41, 5.74) is 2.02. The van der Waals surface area contributed by atoms with Crippen molar-refractivity contribution in [3.05, 3.63) is 60.2 Å². The average Bonchev–Trinajstić information content (AvgIpc) is 2.59. The third-order valence-corrected chi connectivity index (χ3v) is 3.68. The number of hydrogen-bond donors (Lipinski definition) is 1. The van der Waals surface area contributed by atoms with Crippen LogP contribution in [0.3, 0.4) is 0 Å². The summed E-state index contributed by atoms with van der Waals surface area (Å²) < 4.78 is 5.82. The summed E-state index contributed by atoms with van der Waals surface area (Å²) in [7, 11) is 0. The van der Waals surface area contributed by atoms with Crippen molar-refractivity contribution in [3.63, 3.8) is 0 Å². The molecule has 0 saturated heterocycles. The third-order valence-electron chi connectivity index (χ3n) is 3.41. The molecule has 0 aliphatic carbocycles. The van der Waals surface area contributed by atoms with Gasteiger partial charge in [0.25, 0.3) is 0 Å². The number of aryl methyl sites for hydroxylation is 1. The Hall–Kier alpha value is -2.00. The van der Waals surface area contributed by atoms with Crippen LogP contribution in [-0.4, -0.2) is 18.4 Å². The van der Waals surface area contributed by atoms with Gasteiger partial charge in [-0.3, -0.25) is 4.79 Å². The van der Waals surface area contributed by atoms with Crippen molar-refractivity contribution >= 4 is 23.2 Å². The molecular weight excluding hydrogens is 310 g/mol. The van der Waals surface area contributed by atoms with Gasteiger partial charge >= 0.3 is 0 Å². The second kappa shape index (κ2) is 9.90. The average molecular weight is 332 g/mol. The first-order valence-electron chi connectivity index (χ1n) is 7.91. The van der Waals surface area contributed by atoms with Gasteiger partial charge in [0.2, 0.25) is 5.91 Å². The fourth-order valence-electron chi connectivity index (χ4n) is 2.24. The molecule has 2 aromatic rings. The summed E-state index contributed by atoms with van der Waals surface area (Å²) in [5, 5.41) is 2.88. The number of carbonyl (C=O) groups excluding carboxylic acids is 1. The molecule has 0 bridgehead atoms. The number of halogens is 1. The molecule has 23 heavy (non-hydrogen) atoms. The van der Waals surface area contributed by atoms with Crippen LogP contribution < -0.4 is 10.1 Å². The van der Waals surface area contributed by atoms with Crippen molar-refractivity contribution in [2.45, 2.75) is 25.7 Å². The smallest absolute Gasteiger partial charge is 0.224 e. The third kappa shape index (κ3) is 6.33. The molecule has 122 valence electrons. The first kappa shape index (κ1) is 17.4. The standard InChI is InChI=1S/C19H22ClNO2/c20-14-6-13-19(22)21-17-11-4-5-12-18(17)23-15-7-10-16-8-2-1-3-9-16/h1-5,8-9,11-12H,6-7,10,13-15H2,(H,21,22). The first-order chi connectivity index (χ1) is 11.3. The van der Waals surface area contributed by atoms with Gasteiger partial charge < -0.3 is 10.1 Å². The highest BCUT2D eigenvalue weighted by Crippen LogP contribution is 2.24. The molecular formula is C19H22ClNO2. The fraction of sp³-hybridized carbons (Fsp3) is 0.316. The Bertz CT molecular complexity index is 601. The Morgan fingerprint density at radius 2 is 1.74 bits per heavy atom. The topological polar surface area (TPSA) is 38.3 Å². The van der Waals surface area contributed by atoms with E-state index in [9.17, 15) is 4.79 Å². The van der Waals surface area contributed by atoms with Crippen LogP contribution in [0.15, 0.2) is 54.6 Å². The number of rotatable bonds is 9. The van der Waals surface area contributed by atoms with Crippen molar-refractivity contribution < 1.29 is 9.53 Å². The second-order valence-electron chi connectivity index (χ2n) is 5.27. The number of ether oxygens (including phenoxy) is 1. The van der Waals surface area contributed by atoms with Crippen LogP contribution in [-0.2, 0) is 11.2 Å². The van der Waals surface area contributed by atoms with Gasteiger partial charge in [-0.05, 0) is 37.0 Å². The van der Waals surface area contributed by atoms with E-state index in [0.717, 1.165) is 12.8 Å². The Balaban J connectivity index is 1.81. The van der Waals surface area contributed by atoms with Crippen LogP contribution in [0.2, 0.25) is 0 Å². The molecule has 0 aliphatic rings. The van der Waals surface area contributed by atoms with Crippen molar-refractivity contribution in [2.75, 3.05) is 17.8 Å². The Kier molecular flexibility index (Phi) is 7.47. The molecule has 3 nitrogen and oxygen atoms in total. The highest BCUT2D eigenvalue weighted by atomic mass is 35.5. The molecule has 0 aromatic heterocycles. The molecule has 0 radical (unpaired) electrons. The van der Waals surface area contributed by atoms with Gasteiger partial charge in [-0.2, -0.15) is 0 Å². The second-order valence-corrected chi connectivity index (χ2v) is 5.65. The molecule has 0 aliphatic heterocycles. The van der Waals surface area contributed by atoms with E-state index in [0.29, 0.717) is 36.8 Å². The van der Waals surface area contributed by atoms with E-state index in [1.165, 1.54) is 5.56 Å². The summed E-state index contributed by atoms with van der Waals surface area (Å²) in [5.74, 6) is 1.16. The van der Waals surface area contributed by atoms with Crippen molar-refractivity contribution in [1.82, 2.24) is 0 Å². The van der Waals surface area contributed by atoms with Crippen molar-refractivity contribution in [2.24, 2.45) is 0 Å². The molecule has 0 atom stereocenters. The minimum atomic E-state index is -0.0361. The van der Waals surface area contributed by atoms with Gasteiger partial charge in [-0.25, -0.2) is 0 Å². The highest BCUT2D eigenvalue weighted by Gasteiger charge is 2.07. The lowest BCUT2D eigenvalue weighted by atomic mass is 10.1. The summed E-state index contributed by atoms with van der Waals surface area (Å²) in [6.07, 6.45) is 3.00. The molecule has 0 unspecified atom stereocenters. The maximum Gasteiger partial charge on any atom is 0.224 e. The summed E-state index contributed by atoms with van der Waals surface area (Å²) in [4.78, 5) is 11.8. The Labute approximate surface area is 142 Å². The maximum atomic E-state index is 11.8. The van der Waals surface area contributed by atoms with E-state index in [1.54, 1.807) is 0 Å². The quantitative estimate of drug-likeness (QED) is 0.536. The molecule has 0 spiro atoms. The Morgan fingerprint density at radius 3 is 2.52 bits per heavy atom. The number of carbonyl (C=O) groups is 1. The number of para-hydroxylation sites is 2. The number of nitrogens with one attached hydrogen (secondary N) is 1. The van der Waals surface area contributed by atoms with E-state index >= 15 is 0 Å². The van der Waals surface area contributed by atoms with Crippen LogP contribution in [0, 0.1) is 0 Å². The molecule has 4 heteroatoms. The van der Waals surface area contributed by atoms with Crippen molar-refractivity contribution in [3.8, 4) is 5.75 Å². The highest BCUT2D eigenvalue weighted by molar-refractivity contribution is 6.18. The molecule has 1 N–H and O–H groups in total. The largest absolute Gasteiger partial charge is 0.491 e. The van der Waals surface area contributed by atoms with Crippen molar-refractivity contribution in [1.29, 1.82) is 0 Å². The fourth-order valence-corrected chi connectivity index (χ4v) is 2.37. The SMILES string of the molecule is O=C(CCCCl)Nc1ccccc1OCCCc1ccccc1. The number of anilines is 1. The lowest BCUT2D eigenvalue weighted by Gasteiger charge is -2.12. The first-order valence-corrected chi connectivity index (χ1v) is 8.44. The zero-order valence-electron chi connectivity index (χ0n) is 13.1. The van der Waals surface area contributed by atoms with Gasteiger partial charge in [0, 0.05) is 12.3 Å². The van der Waals surface area contributed by atoms with Gasteiger partial charge in [0.05, 0.1) is 12.3 Å². The van der Waals surface area contributed by atoms with Gasteiger partial charge in [0.15, 0.2) is 0 Å². The van der Waals surface area contributed by atoms with E-state index in [4.69, 9.17) is 16.3 Å². The zero-order chi connectivity index (χ0) is 16.3. The van der Waals surface area contributed by atoms with Gasteiger partial charge in [-0.15, -0.1) is 11.6 Å². The lowest BCUT2D eigenvalue weighted by molar-refractivity contribution is -0.116. The molecule has 2 aromatic carbocycles. The predicted octanol–water partition coefficient (Wildman–Crippen LogP) is 4.66. The Morgan fingerprint density at radius 1 is 1.00 bits per heavy atom. The van der Waals surface area contributed by atoms with E-state index in [-0.39, 0.29) is 5.91 Å². The minimum absolute atomic E-state index is 0.0361. The summed E-state index contributed by atoms with van der Waals surface area (Å²) >= 11 is 5.61. The summed E-state index contributed by atoms with van der Waals surface area (Å²) in [6, 6.07) is 17.8. The molecule has 0 saturated carbocycles. The minimum Gasteiger partial charge on any atom is -0.491 e. The molecule has 0 heterocycles. The number of hydrogen-bond acceptors (Lipinski definition) is 2. The van der Waals surface area contributed by atoms with Gasteiger partial charge in [0.1, 0.15) is 5.75 Å². The van der Waals surface area contributed by atoms with Crippen LogP contribution in [0.25, 0.3) is 0 Å². The molecule has 1 amide bonds. The number of alkyl halides is 1. The predicted molar refractivity (Wildman–Crippen MR) is 95.3 cm³/mol. The zero-order valence-corrected chi connectivity index (χ0v) is 13.9. The van der Waals surface area contributed by atoms with Gasteiger partial charge in [-0.1, -0.05) is 42.5 Å². The van der Waals surface area contributed by atoms with Crippen LogP contribution in [0.1, 0.15) is 24.8 Å². The summed E-state index contributed by atoms with van der Waals surface area (Å²) in [6.45, 7) is 0.615. The van der Waals surface area contributed by atoms with Crippen LogP contribution in [0.5, 0.6) is 5.75 Å². The monoisotopic (exact) mass is 331 g/mol. The number of amides is 1. The number of benzene rings is 2. The van der Waals surface area contributed by atoms with E-state index in [2.05, 4.69) is 17.4 Å². The van der Waals surface area contributed by atoms with Crippen LogP contribution >= 0.6 is 11.6 Å². The maximum absolute atomic E-state index is 11.8. The lowest BCUT2D eigenvalue weighted by Crippen LogP contribution is -2.12. The molecule has 2 rings (SSSR count). The normalized spacial score (nSPS) is 10.3. The van der Waals surface area contributed by atoms with E-state index in [1.807, 2.05) is 42.5 Å².